The number of aromatic nitrogens is 2. The highest BCUT2D eigenvalue weighted by molar-refractivity contribution is 6.05. The molecule has 0 spiro atoms. The van der Waals surface area contributed by atoms with Crippen LogP contribution in [-0.4, -0.2) is 9.97 Å². The Kier molecular flexibility index (Phi) is 1.47. The first kappa shape index (κ1) is 7.44. The SMILES string of the molecule is [c]1ccc2c(ccc3cnccc32)n1. The van der Waals surface area contributed by atoms with Crippen LogP contribution in [0, 0.1) is 6.20 Å². The average molecular weight is 179 g/mol. The maximum atomic E-state index is 4.19. The summed E-state index contributed by atoms with van der Waals surface area (Å²) in [6.07, 6.45) is 6.51. The quantitative estimate of drug-likeness (QED) is 0.496. The Morgan fingerprint density at radius 3 is 3.00 bits per heavy atom. The second-order valence-electron chi connectivity index (χ2n) is 3.17. The van der Waals surface area contributed by atoms with E-state index in [1.54, 1.807) is 6.20 Å². The Bertz CT molecular complexity index is 547. The van der Waals surface area contributed by atoms with E-state index in [4.69, 9.17) is 0 Å². The predicted molar refractivity (Wildman–Crippen MR) is 55.9 cm³/mol. The molecule has 0 unspecified atom stereocenters. The van der Waals surface area contributed by atoms with Crippen molar-refractivity contribution in [2.75, 3.05) is 0 Å². The van der Waals surface area contributed by atoms with Crippen molar-refractivity contribution in [2.45, 2.75) is 0 Å². The molecule has 0 N–H and O–H groups in total. The molecule has 0 saturated heterocycles. The molecular formula is C12H7N2. The Labute approximate surface area is 81.2 Å². The molecule has 0 atom stereocenters. The first-order valence-electron chi connectivity index (χ1n) is 4.45. The molecule has 65 valence electrons. The Morgan fingerprint density at radius 2 is 2.00 bits per heavy atom. The van der Waals surface area contributed by atoms with Gasteiger partial charge in [-0.15, -0.1) is 0 Å². The fourth-order valence-electron chi connectivity index (χ4n) is 1.68. The predicted octanol–water partition coefficient (Wildman–Crippen LogP) is 2.58. The zero-order valence-electron chi connectivity index (χ0n) is 7.44. The van der Waals surface area contributed by atoms with Crippen molar-refractivity contribution in [3.8, 4) is 0 Å². The fraction of sp³-hybridized carbons (Fsp3) is 0. The summed E-state index contributed by atoms with van der Waals surface area (Å²) < 4.78 is 0. The van der Waals surface area contributed by atoms with Crippen LogP contribution in [0.3, 0.4) is 0 Å². The molecule has 2 aromatic heterocycles. The zero-order valence-corrected chi connectivity index (χ0v) is 7.44. The molecule has 0 aliphatic carbocycles. The van der Waals surface area contributed by atoms with Crippen molar-refractivity contribution < 1.29 is 0 Å². The smallest absolute Gasteiger partial charge is 0.0894 e. The molecule has 2 heterocycles. The van der Waals surface area contributed by atoms with E-state index in [0.29, 0.717) is 0 Å². The molecule has 0 fully saturated rings. The Hall–Kier alpha value is -1.96. The van der Waals surface area contributed by atoms with E-state index in [1.165, 1.54) is 5.39 Å². The molecule has 1 radical (unpaired) electrons. The van der Waals surface area contributed by atoms with Gasteiger partial charge in [0.1, 0.15) is 0 Å². The number of fused-ring (bicyclic) bond motifs is 3. The molecule has 3 rings (SSSR count). The van der Waals surface area contributed by atoms with Gasteiger partial charge in [0.05, 0.1) is 11.7 Å². The van der Waals surface area contributed by atoms with Crippen LogP contribution in [0.15, 0.2) is 42.7 Å². The van der Waals surface area contributed by atoms with Crippen LogP contribution in [0.25, 0.3) is 21.7 Å². The molecule has 0 aliphatic rings. The summed E-state index contributed by atoms with van der Waals surface area (Å²) in [5.74, 6) is 0. The van der Waals surface area contributed by atoms with E-state index in [1.807, 2.05) is 36.5 Å². The van der Waals surface area contributed by atoms with E-state index >= 15 is 0 Å². The summed E-state index contributed by atoms with van der Waals surface area (Å²) in [5, 5.41) is 3.50. The molecule has 14 heavy (non-hydrogen) atoms. The van der Waals surface area contributed by atoms with E-state index in [0.717, 1.165) is 16.3 Å². The van der Waals surface area contributed by atoms with E-state index in [9.17, 15) is 0 Å². The minimum absolute atomic E-state index is 0.978. The topological polar surface area (TPSA) is 25.8 Å². The highest BCUT2D eigenvalue weighted by Crippen LogP contribution is 2.22. The molecule has 0 saturated carbocycles. The summed E-state index contributed by atoms with van der Waals surface area (Å²) in [4.78, 5) is 8.28. The lowest BCUT2D eigenvalue weighted by molar-refractivity contribution is 1.36. The molecule has 2 nitrogen and oxygen atoms in total. The van der Waals surface area contributed by atoms with E-state index < -0.39 is 0 Å². The lowest BCUT2D eigenvalue weighted by Gasteiger charge is -2.00. The maximum absolute atomic E-state index is 4.19. The van der Waals surface area contributed by atoms with Crippen LogP contribution in [0.4, 0.5) is 0 Å². The molecular weight excluding hydrogens is 172 g/mol. The first-order chi connectivity index (χ1) is 6.95. The van der Waals surface area contributed by atoms with Crippen LogP contribution in [-0.2, 0) is 0 Å². The lowest BCUT2D eigenvalue weighted by atomic mass is 10.1. The molecule has 1 aromatic carbocycles. The van der Waals surface area contributed by atoms with E-state index in [2.05, 4.69) is 16.2 Å². The number of rotatable bonds is 0. The lowest BCUT2D eigenvalue weighted by Crippen LogP contribution is -1.81. The van der Waals surface area contributed by atoms with Crippen LogP contribution in [0.2, 0.25) is 0 Å². The Balaban J connectivity index is 2.61. The van der Waals surface area contributed by atoms with Gasteiger partial charge in [-0.1, -0.05) is 6.07 Å². The van der Waals surface area contributed by atoms with Gasteiger partial charge in [0.2, 0.25) is 0 Å². The third-order valence-electron chi connectivity index (χ3n) is 2.35. The largest absolute Gasteiger partial charge is 0.264 e. The Morgan fingerprint density at radius 1 is 1.00 bits per heavy atom. The highest BCUT2D eigenvalue weighted by Gasteiger charge is 1.99. The van der Waals surface area contributed by atoms with Crippen molar-refractivity contribution >= 4 is 21.7 Å². The molecule has 0 bridgehead atoms. The summed E-state index contributed by atoms with van der Waals surface area (Å²) in [7, 11) is 0. The number of nitrogens with zero attached hydrogens (tertiary/aromatic N) is 2. The second kappa shape index (κ2) is 2.77. The van der Waals surface area contributed by atoms with E-state index in [-0.39, 0.29) is 0 Å². The van der Waals surface area contributed by atoms with Gasteiger partial charge in [0.25, 0.3) is 0 Å². The van der Waals surface area contributed by atoms with Crippen molar-refractivity contribution in [3.05, 3.63) is 48.9 Å². The standard InChI is InChI=1S/C12H7N2/c1-2-11-10-5-7-13-8-9(10)3-4-12(11)14-6-1/h1-5,7-8H. The molecule has 3 aromatic rings. The maximum Gasteiger partial charge on any atom is 0.0894 e. The van der Waals surface area contributed by atoms with Gasteiger partial charge in [0, 0.05) is 23.2 Å². The number of pyridine rings is 2. The third-order valence-corrected chi connectivity index (χ3v) is 2.35. The summed E-state index contributed by atoms with van der Waals surface area (Å²) in [6.45, 7) is 0. The number of hydrogen-bond acceptors (Lipinski definition) is 2. The van der Waals surface area contributed by atoms with Gasteiger partial charge >= 0.3 is 0 Å². The van der Waals surface area contributed by atoms with Crippen LogP contribution in [0.5, 0.6) is 0 Å². The van der Waals surface area contributed by atoms with Crippen LogP contribution < -0.4 is 0 Å². The number of benzene rings is 1. The first-order valence-corrected chi connectivity index (χ1v) is 4.45. The van der Waals surface area contributed by atoms with Crippen LogP contribution in [0.1, 0.15) is 0 Å². The van der Waals surface area contributed by atoms with Crippen molar-refractivity contribution in [3.63, 3.8) is 0 Å². The van der Waals surface area contributed by atoms with Gasteiger partial charge in [-0.2, -0.15) is 0 Å². The second-order valence-corrected chi connectivity index (χ2v) is 3.17. The van der Waals surface area contributed by atoms with Gasteiger partial charge in [-0.25, -0.2) is 4.98 Å². The van der Waals surface area contributed by atoms with Gasteiger partial charge in [0.15, 0.2) is 0 Å². The monoisotopic (exact) mass is 179 g/mol. The minimum atomic E-state index is 0.978. The average Bonchev–Trinajstić information content (AvgIpc) is 2.29. The summed E-state index contributed by atoms with van der Waals surface area (Å²) in [6, 6.07) is 9.91. The number of hydrogen-bond donors (Lipinski definition) is 0. The third kappa shape index (κ3) is 0.973. The van der Waals surface area contributed by atoms with Gasteiger partial charge in [-0.05, 0) is 29.7 Å². The fourth-order valence-corrected chi connectivity index (χ4v) is 1.68. The van der Waals surface area contributed by atoms with Gasteiger partial charge < -0.3 is 0 Å². The van der Waals surface area contributed by atoms with Crippen molar-refractivity contribution in [2.24, 2.45) is 0 Å². The normalized spacial score (nSPS) is 10.9. The highest BCUT2D eigenvalue weighted by atomic mass is 14.6. The summed E-state index contributed by atoms with van der Waals surface area (Å²) in [5.41, 5.74) is 0.978. The van der Waals surface area contributed by atoms with Crippen LogP contribution >= 0.6 is 0 Å². The van der Waals surface area contributed by atoms with Crippen molar-refractivity contribution in [1.29, 1.82) is 0 Å². The molecule has 0 aliphatic heterocycles. The minimum Gasteiger partial charge on any atom is -0.264 e. The van der Waals surface area contributed by atoms with Gasteiger partial charge in [-0.3, -0.25) is 4.98 Å². The summed E-state index contributed by atoms with van der Waals surface area (Å²) >= 11 is 0. The molecule has 0 amide bonds. The zero-order chi connectivity index (χ0) is 9.38. The van der Waals surface area contributed by atoms with Crippen molar-refractivity contribution in [1.82, 2.24) is 9.97 Å². The molecule has 2 heteroatoms.